The summed E-state index contributed by atoms with van der Waals surface area (Å²) in [7, 11) is -1.38. The number of halogens is 6. The molecule has 5 aliphatic rings. The van der Waals surface area contributed by atoms with E-state index in [4.69, 9.17) is 145 Å². The highest BCUT2D eigenvalue weighted by atomic mass is 79.9. The van der Waals surface area contributed by atoms with Crippen molar-refractivity contribution >= 4 is 195 Å². The Labute approximate surface area is 844 Å². The summed E-state index contributed by atoms with van der Waals surface area (Å²) in [6.07, 6.45) is 24.3. The highest BCUT2D eigenvalue weighted by Gasteiger charge is 2.31. The van der Waals surface area contributed by atoms with E-state index in [-0.39, 0.29) is 58.1 Å². The number of fused-ring (bicyclic) bond motifs is 5. The summed E-state index contributed by atoms with van der Waals surface area (Å²) in [6.45, 7) is 15.3. The molecule has 3 aromatic carbocycles. The van der Waals surface area contributed by atoms with Crippen molar-refractivity contribution < 1.29 is 43.6 Å². The minimum absolute atomic E-state index is 0.0226. The quantitative estimate of drug-likeness (QED) is 0.0204. The molecule has 12 N–H and O–H groups in total. The van der Waals surface area contributed by atoms with Crippen LogP contribution in [0.25, 0.3) is 95.4 Å². The number of benzene rings is 3. The first-order valence-corrected chi connectivity index (χ1v) is 47.7. The fourth-order valence-corrected chi connectivity index (χ4v) is 18.5. The van der Waals surface area contributed by atoms with Gasteiger partial charge in [-0.3, -0.25) is 44.7 Å². The maximum Gasteiger partial charge on any atom is 0.488 e. The number of rotatable bonds is 15. The molecule has 17 aromatic rings. The van der Waals surface area contributed by atoms with E-state index in [2.05, 4.69) is 110 Å². The fourth-order valence-electron chi connectivity index (χ4n) is 16.9. The SMILES string of the molecule is Cc1nc2c(-c3ccncc3)nc(-n3cnc4ccc(Cl)cc43)nc2n1C1CCOCC1.Cc1nc2c(-c3ccncc3)nc(N)nc2n1C1CCOCC1.Cc1nc2c(-c3ccncc3)nc(Nc3cc(Cl)ccc3[N+](=O)[O-])nc2n1C1CCOCC1.Cc1nc2c(Cl)nc(N)nc2n1C1CCOCC1.Nc1nc(Cl)c(N)c(NC2CCOCC2)n1.O=[N+]([O-])c1ccc(Cl)cc1Br.OB(O)c1ccncc1. The number of pyridine rings is 4. The lowest BCUT2D eigenvalue weighted by Crippen LogP contribution is -2.29. The highest BCUT2D eigenvalue weighted by Crippen LogP contribution is 2.40. The molecule has 142 heavy (non-hydrogen) atoms. The van der Waals surface area contributed by atoms with Crippen LogP contribution in [0.4, 0.5) is 52.4 Å². The van der Waals surface area contributed by atoms with Crippen molar-refractivity contribution in [1.29, 1.82) is 0 Å². The molecule has 0 unspecified atom stereocenters. The van der Waals surface area contributed by atoms with Crippen LogP contribution in [0.5, 0.6) is 0 Å². The van der Waals surface area contributed by atoms with Gasteiger partial charge in [0, 0.05) is 190 Å². The molecule has 0 atom stereocenters. The molecule has 0 amide bonds. The van der Waals surface area contributed by atoms with E-state index in [0.717, 1.165) is 207 Å². The van der Waals surface area contributed by atoms with Crippen LogP contribution >= 0.6 is 73.9 Å². The molecule has 43 nitrogen and oxygen atoms in total. The van der Waals surface area contributed by atoms with Crippen LogP contribution in [0.2, 0.25) is 25.4 Å². The first-order chi connectivity index (χ1) is 68.7. The number of nitrogen functional groups attached to an aromatic ring is 4. The zero-order chi connectivity index (χ0) is 99.8. The van der Waals surface area contributed by atoms with Gasteiger partial charge >= 0.3 is 7.12 Å². The molecule has 22 rings (SSSR count). The average Bonchev–Trinajstić information content (AvgIpc) is 1.59. The number of hydrogen-bond acceptors (Lipinski definition) is 36. The zero-order valence-corrected chi connectivity index (χ0v) is 82.3. The summed E-state index contributed by atoms with van der Waals surface area (Å²) in [4.78, 5) is 104. The Morgan fingerprint density at radius 2 is 0.803 bits per heavy atom. The number of nitrogens with one attached hydrogen (secondary N) is 2. The maximum absolute atomic E-state index is 11.5. The van der Waals surface area contributed by atoms with Crippen molar-refractivity contribution in [2.24, 2.45) is 0 Å². The van der Waals surface area contributed by atoms with E-state index >= 15 is 0 Å². The number of hydrogen-bond donors (Lipinski definition) is 8. The molecule has 5 aliphatic heterocycles. The first kappa shape index (κ1) is 101. The van der Waals surface area contributed by atoms with E-state index < -0.39 is 17.0 Å². The largest absolute Gasteiger partial charge is 0.488 e. The van der Waals surface area contributed by atoms with E-state index in [9.17, 15) is 20.2 Å². The summed E-state index contributed by atoms with van der Waals surface area (Å²) in [5.74, 6) is 5.38. The van der Waals surface area contributed by atoms with Crippen LogP contribution in [0.3, 0.4) is 0 Å². The molecular weight excluding hydrogens is 2000 g/mol. The standard InChI is InChI=1S/C23H20ClN7O.C22H20ClN7O3.C16H18N6O.C11H14ClN5O.C9H14ClN5O.C6H3BrClNO2.C5H6BNO2/c1-14-27-21-20(15-4-8-25-9-5-15)28-23(29-22(21)31(14)17-6-10-32-11-7-17)30-13-26-18-3-2-16(24)12-19(18)30;1-13-25-20-19(14-4-8-24-9-5-14)27-22(26-17-12-15(23)2-3-18(17)30(31)32)28-21(20)29(13)16-6-10-33-11-7-16;1-10-19-14-13(11-2-6-18-7-3-11)20-16(17)21-15(14)22(10)12-4-8-23-9-5-12;1-6-14-8-9(12)15-11(13)16-10(8)17(6)7-2-4-18-5-3-7;10-7-6(11)8(15-9(12)14-7)13-5-1-3-16-4-2-5;7-5-3-4(8)1-2-6(5)9(10)11;8-6(9)5-1-3-7-4-2-5/h2-5,8-9,12-13,17H,6-7,10-11H2,1H3;2-5,8-9,12,16H,6-7,10-11H2,1H3,(H,26,27,28);2-3,6-7,12H,4-5,8-9H2,1H3,(H2,17,20,21);7H,2-5H2,1H3,(H2,13,15,16);5H,1-4,11H2,(H3,12,13,14,15);1-3H;1-4,8-9H. The molecule has 734 valence electrons. The number of anilines is 7. The van der Waals surface area contributed by atoms with Crippen LogP contribution in [0.1, 0.15) is 112 Å². The number of ether oxygens (including phenoxy) is 5. The van der Waals surface area contributed by atoms with Crippen LogP contribution in [0.15, 0.2) is 164 Å². The second-order valence-electron chi connectivity index (χ2n) is 32.9. The number of nitro groups is 2. The molecule has 19 heterocycles. The Kier molecular flexibility index (Phi) is 33.4. The summed E-state index contributed by atoms with van der Waals surface area (Å²) in [5.41, 5.74) is 36.2. The topological polar surface area (TPSA) is 571 Å². The molecule has 5 saturated heterocycles. The molecule has 0 bridgehead atoms. The van der Waals surface area contributed by atoms with Gasteiger partial charge in [-0.25, -0.2) is 39.9 Å². The van der Waals surface area contributed by atoms with Gasteiger partial charge in [0.05, 0.1) is 25.4 Å². The number of aromatic nitrogens is 24. The number of aryl methyl sites for hydroxylation is 4. The van der Waals surface area contributed by atoms with E-state index in [1.807, 2.05) is 86.9 Å². The summed E-state index contributed by atoms with van der Waals surface area (Å²) in [5, 5.41) is 47.1. The second kappa shape index (κ2) is 46.8. The fraction of sp³-hybridized carbons (Fsp3) is 0.315. The Bertz CT molecular complexity index is 7310. The zero-order valence-electron chi connectivity index (χ0n) is 76.9. The molecule has 0 radical (unpaired) electrons. The van der Waals surface area contributed by atoms with Gasteiger partial charge in [0.25, 0.3) is 11.4 Å². The number of nitrogens with zero attached hydrogens (tertiary/aromatic N) is 26. The molecular formula is C92H95BBrCl5N32O11. The van der Waals surface area contributed by atoms with Gasteiger partial charge in [-0.1, -0.05) is 58.0 Å². The second-order valence-corrected chi connectivity index (χ2v) is 35.8. The van der Waals surface area contributed by atoms with E-state index in [1.165, 1.54) is 48.8 Å². The van der Waals surface area contributed by atoms with Crippen molar-refractivity contribution in [2.75, 3.05) is 99.6 Å². The van der Waals surface area contributed by atoms with Gasteiger partial charge in [-0.2, -0.15) is 34.9 Å². The lowest BCUT2D eigenvalue weighted by molar-refractivity contribution is -0.385. The number of nitrogens with two attached hydrogens (primary N) is 4. The van der Waals surface area contributed by atoms with Crippen LogP contribution in [0, 0.1) is 47.9 Å². The van der Waals surface area contributed by atoms with E-state index in [1.54, 1.807) is 55.6 Å². The van der Waals surface area contributed by atoms with Crippen LogP contribution < -0.4 is 39.0 Å². The molecule has 0 spiro atoms. The van der Waals surface area contributed by atoms with Crippen molar-refractivity contribution in [3.05, 3.63) is 232 Å². The van der Waals surface area contributed by atoms with Gasteiger partial charge in [0.2, 0.25) is 29.7 Å². The van der Waals surface area contributed by atoms with Gasteiger partial charge in [0.1, 0.15) is 80.1 Å². The third-order valence-corrected chi connectivity index (χ3v) is 25.5. The number of imidazole rings is 5. The van der Waals surface area contributed by atoms with Crippen molar-refractivity contribution in [3.63, 3.8) is 0 Å². The Hall–Kier alpha value is -13.7. The summed E-state index contributed by atoms with van der Waals surface area (Å²) < 4.78 is 38.1. The minimum atomic E-state index is -1.38. The molecule has 0 aliphatic carbocycles. The summed E-state index contributed by atoms with van der Waals surface area (Å²) >= 11 is 32.8. The third kappa shape index (κ3) is 24.2. The highest BCUT2D eigenvalue weighted by molar-refractivity contribution is 9.10. The monoisotopic (exact) mass is 2090 g/mol. The van der Waals surface area contributed by atoms with Gasteiger partial charge in [-0.15, -0.1) is 0 Å². The molecule has 0 saturated carbocycles. The first-order valence-electron chi connectivity index (χ1n) is 45.1. The Morgan fingerprint density at radius 1 is 0.423 bits per heavy atom. The Balaban J connectivity index is 0.000000124. The maximum atomic E-state index is 11.5. The number of nitro benzene ring substituents is 2. The predicted octanol–water partition coefficient (Wildman–Crippen LogP) is 15.9. The van der Waals surface area contributed by atoms with Crippen molar-refractivity contribution in [2.45, 2.75) is 122 Å². The lowest BCUT2D eigenvalue weighted by atomic mass is 9.81. The normalized spacial score (nSPS) is 14.8. The smallest absolute Gasteiger partial charge is 0.423 e. The average molecular weight is 2090 g/mol. The van der Waals surface area contributed by atoms with Crippen LogP contribution in [-0.2, 0) is 23.7 Å². The van der Waals surface area contributed by atoms with Crippen molar-refractivity contribution in [3.8, 4) is 39.7 Å². The van der Waals surface area contributed by atoms with Gasteiger partial charge in [-0.05, 0) is 204 Å². The summed E-state index contributed by atoms with van der Waals surface area (Å²) in [6, 6.07) is 30.2. The molecule has 14 aromatic heterocycles. The predicted molar refractivity (Wildman–Crippen MR) is 544 cm³/mol. The lowest BCUT2D eigenvalue weighted by Gasteiger charge is -2.24. The minimum Gasteiger partial charge on any atom is -0.423 e. The molecule has 50 heteroatoms. The van der Waals surface area contributed by atoms with E-state index in [0.29, 0.717) is 101 Å². The van der Waals surface area contributed by atoms with Gasteiger partial charge in [0.15, 0.2) is 38.7 Å². The molecule has 5 fully saturated rings. The van der Waals surface area contributed by atoms with Gasteiger partial charge < -0.3 is 85.6 Å². The van der Waals surface area contributed by atoms with Crippen molar-refractivity contribution in [1.82, 2.24) is 118 Å². The van der Waals surface area contributed by atoms with Crippen LogP contribution in [-0.4, -0.2) is 217 Å². The third-order valence-electron chi connectivity index (χ3n) is 23.6. The Morgan fingerprint density at radius 3 is 1.26 bits per heavy atom.